The van der Waals surface area contributed by atoms with Gasteiger partial charge in [-0.05, 0) is 37.0 Å². The number of carboxylic acid groups (broad SMARTS) is 1. The molecule has 1 amide bonds. The number of ether oxygens (including phenoxy) is 1. The number of carbonyl (C=O) groups excluding carboxylic acids is 1. The first-order valence-electron chi connectivity index (χ1n) is 8.03. The van der Waals surface area contributed by atoms with Crippen molar-refractivity contribution in [2.75, 3.05) is 19.8 Å². The van der Waals surface area contributed by atoms with E-state index in [2.05, 4.69) is 10.3 Å². The molecular formula is C17H18Cl2N2O4. The fraction of sp³-hybridized carbons (Fsp3) is 0.412. The molecule has 0 bridgehead atoms. The summed E-state index contributed by atoms with van der Waals surface area (Å²) in [5.74, 6) is -2.01. The summed E-state index contributed by atoms with van der Waals surface area (Å²) in [7, 11) is 0. The van der Waals surface area contributed by atoms with Crippen molar-refractivity contribution < 1.29 is 19.4 Å². The summed E-state index contributed by atoms with van der Waals surface area (Å²) in [6.07, 6.45) is 1.36. The maximum absolute atomic E-state index is 12.5. The molecule has 1 aliphatic heterocycles. The highest BCUT2D eigenvalue weighted by Crippen LogP contribution is 2.30. The normalized spacial score (nSPS) is 16.7. The van der Waals surface area contributed by atoms with Crippen LogP contribution in [0.4, 0.5) is 0 Å². The van der Waals surface area contributed by atoms with Crippen LogP contribution in [0.5, 0.6) is 0 Å². The Morgan fingerprint density at radius 2 is 2.04 bits per heavy atom. The zero-order valence-electron chi connectivity index (χ0n) is 13.4. The Bertz CT molecular complexity index is 799. The number of aromatic nitrogens is 1. The third-order valence-corrected chi connectivity index (χ3v) is 5.19. The van der Waals surface area contributed by atoms with Crippen LogP contribution in [0.15, 0.2) is 18.2 Å². The predicted molar refractivity (Wildman–Crippen MR) is 95.3 cm³/mol. The van der Waals surface area contributed by atoms with Crippen LogP contribution in [0.25, 0.3) is 10.9 Å². The Kier molecular flexibility index (Phi) is 5.51. The SMILES string of the molecule is O=C(NCC(C(=O)O)C1CCOCC1)c1[nH]c2ccc(Cl)cc2c1Cl. The van der Waals surface area contributed by atoms with Gasteiger partial charge in [0.25, 0.3) is 5.91 Å². The van der Waals surface area contributed by atoms with Crippen LogP contribution in [0, 0.1) is 11.8 Å². The van der Waals surface area contributed by atoms with E-state index in [1.165, 1.54) is 0 Å². The summed E-state index contributed by atoms with van der Waals surface area (Å²) in [5, 5.41) is 13.6. The lowest BCUT2D eigenvalue weighted by atomic mass is 9.86. The van der Waals surface area contributed by atoms with Crippen LogP contribution in [-0.4, -0.2) is 41.7 Å². The second kappa shape index (κ2) is 7.64. The number of rotatable bonds is 5. The summed E-state index contributed by atoms with van der Waals surface area (Å²) in [6.45, 7) is 1.15. The molecule has 1 fully saturated rings. The van der Waals surface area contributed by atoms with E-state index < -0.39 is 17.8 Å². The third-order valence-electron chi connectivity index (χ3n) is 4.56. The van der Waals surface area contributed by atoms with E-state index >= 15 is 0 Å². The van der Waals surface area contributed by atoms with Crippen LogP contribution in [0.2, 0.25) is 10.0 Å². The Morgan fingerprint density at radius 3 is 2.72 bits per heavy atom. The molecule has 1 aromatic heterocycles. The lowest BCUT2D eigenvalue weighted by Gasteiger charge is -2.27. The number of amides is 1. The van der Waals surface area contributed by atoms with E-state index in [1.54, 1.807) is 18.2 Å². The van der Waals surface area contributed by atoms with Crippen molar-refractivity contribution in [2.45, 2.75) is 12.8 Å². The third kappa shape index (κ3) is 3.92. The molecule has 25 heavy (non-hydrogen) atoms. The molecule has 3 N–H and O–H groups in total. The minimum absolute atomic E-state index is 0.0106. The summed E-state index contributed by atoms with van der Waals surface area (Å²) in [4.78, 5) is 27.0. The molecule has 1 saturated heterocycles. The molecule has 0 spiro atoms. The van der Waals surface area contributed by atoms with E-state index in [9.17, 15) is 14.7 Å². The van der Waals surface area contributed by atoms with Gasteiger partial charge in [0.1, 0.15) is 5.69 Å². The first-order valence-corrected chi connectivity index (χ1v) is 8.78. The van der Waals surface area contributed by atoms with Crippen molar-refractivity contribution in [3.63, 3.8) is 0 Å². The van der Waals surface area contributed by atoms with E-state index in [-0.39, 0.29) is 23.2 Å². The number of halogens is 2. The van der Waals surface area contributed by atoms with Gasteiger partial charge < -0.3 is 20.1 Å². The lowest BCUT2D eigenvalue weighted by Crippen LogP contribution is -2.39. The zero-order valence-corrected chi connectivity index (χ0v) is 14.9. The molecule has 1 atom stereocenters. The maximum Gasteiger partial charge on any atom is 0.308 e. The molecule has 0 aliphatic carbocycles. The number of H-pyrrole nitrogens is 1. The number of aromatic amines is 1. The van der Waals surface area contributed by atoms with Gasteiger partial charge in [-0.2, -0.15) is 0 Å². The van der Waals surface area contributed by atoms with Gasteiger partial charge in [-0.1, -0.05) is 23.2 Å². The van der Waals surface area contributed by atoms with Gasteiger partial charge in [0.05, 0.1) is 10.9 Å². The van der Waals surface area contributed by atoms with Crippen molar-refractivity contribution in [3.8, 4) is 0 Å². The van der Waals surface area contributed by atoms with Crippen LogP contribution >= 0.6 is 23.2 Å². The largest absolute Gasteiger partial charge is 0.481 e. The van der Waals surface area contributed by atoms with Gasteiger partial charge in [0.15, 0.2) is 0 Å². The van der Waals surface area contributed by atoms with Crippen LogP contribution in [0.3, 0.4) is 0 Å². The number of fused-ring (bicyclic) bond motifs is 1. The average Bonchev–Trinajstić information content (AvgIpc) is 2.92. The standard InChI is InChI=1S/C17H18Cl2N2O4/c18-10-1-2-13-11(7-10)14(19)15(21-13)16(22)20-8-12(17(23)24)9-3-5-25-6-4-9/h1-2,7,9,12,21H,3-6,8H2,(H,20,22)(H,23,24). The summed E-state index contributed by atoms with van der Waals surface area (Å²) < 4.78 is 5.27. The molecule has 1 aliphatic rings. The highest BCUT2D eigenvalue weighted by atomic mass is 35.5. The molecule has 0 saturated carbocycles. The number of hydrogen-bond donors (Lipinski definition) is 3. The van der Waals surface area contributed by atoms with Gasteiger partial charge >= 0.3 is 5.97 Å². The maximum atomic E-state index is 12.5. The number of benzene rings is 1. The quantitative estimate of drug-likeness (QED) is 0.736. The van der Waals surface area contributed by atoms with Crippen molar-refractivity contribution >= 4 is 46.0 Å². The number of nitrogens with one attached hydrogen (secondary N) is 2. The topological polar surface area (TPSA) is 91.4 Å². The summed E-state index contributed by atoms with van der Waals surface area (Å²) >= 11 is 12.2. The Hall–Kier alpha value is -1.76. The number of hydrogen-bond acceptors (Lipinski definition) is 3. The highest BCUT2D eigenvalue weighted by Gasteiger charge is 2.30. The molecule has 1 unspecified atom stereocenters. The average molecular weight is 385 g/mol. The fourth-order valence-electron chi connectivity index (χ4n) is 3.15. The van der Waals surface area contributed by atoms with Crippen LogP contribution in [-0.2, 0) is 9.53 Å². The smallest absolute Gasteiger partial charge is 0.308 e. The Labute approximate surface area is 154 Å². The fourth-order valence-corrected chi connectivity index (χ4v) is 3.61. The first-order chi connectivity index (χ1) is 12.0. The van der Waals surface area contributed by atoms with Crippen molar-refractivity contribution in [1.29, 1.82) is 0 Å². The number of carboxylic acids is 1. The van der Waals surface area contributed by atoms with Gasteiger partial charge in [-0.15, -0.1) is 0 Å². The molecule has 1 aromatic carbocycles. The monoisotopic (exact) mass is 384 g/mol. The Balaban J connectivity index is 1.73. The zero-order chi connectivity index (χ0) is 18.0. The molecule has 134 valence electrons. The predicted octanol–water partition coefficient (Wildman–Crippen LogP) is 3.33. The molecule has 6 nitrogen and oxygen atoms in total. The molecule has 3 rings (SSSR count). The second-order valence-corrected chi connectivity index (χ2v) is 6.92. The molecule has 2 aromatic rings. The second-order valence-electron chi connectivity index (χ2n) is 6.11. The molecule has 0 radical (unpaired) electrons. The van der Waals surface area contributed by atoms with Gasteiger partial charge in [0, 0.05) is 35.7 Å². The van der Waals surface area contributed by atoms with E-state index in [0.717, 1.165) is 0 Å². The van der Waals surface area contributed by atoms with E-state index in [0.29, 0.717) is 42.0 Å². The molecule has 2 heterocycles. The summed E-state index contributed by atoms with van der Waals surface area (Å²) in [5.41, 5.74) is 0.897. The minimum Gasteiger partial charge on any atom is -0.481 e. The molecular weight excluding hydrogens is 367 g/mol. The van der Waals surface area contributed by atoms with Crippen molar-refractivity contribution in [3.05, 3.63) is 33.9 Å². The van der Waals surface area contributed by atoms with E-state index in [1.807, 2.05) is 0 Å². The van der Waals surface area contributed by atoms with Crippen LogP contribution in [0.1, 0.15) is 23.3 Å². The van der Waals surface area contributed by atoms with E-state index in [4.69, 9.17) is 27.9 Å². The van der Waals surface area contributed by atoms with Gasteiger partial charge in [0.2, 0.25) is 0 Å². The van der Waals surface area contributed by atoms with Crippen LogP contribution < -0.4 is 5.32 Å². The first kappa shape index (κ1) is 18.0. The van der Waals surface area contributed by atoms with Gasteiger partial charge in [-0.3, -0.25) is 9.59 Å². The number of aliphatic carboxylic acids is 1. The van der Waals surface area contributed by atoms with Gasteiger partial charge in [-0.25, -0.2) is 0 Å². The van der Waals surface area contributed by atoms with Crippen molar-refractivity contribution in [2.24, 2.45) is 11.8 Å². The summed E-state index contributed by atoms with van der Waals surface area (Å²) in [6, 6.07) is 5.11. The Morgan fingerprint density at radius 1 is 1.32 bits per heavy atom. The lowest BCUT2D eigenvalue weighted by molar-refractivity contribution is -0.144. The minimum atomic E-state index is -0.915. The highest BCUT2D eigenvalue weighted by molar-refractivity contribution is 6.39. The van der Waals surface area contributed by atoms with Crippen molar-refractivity contribution in [1.82, 2.24) is 10.3 Å². The number of carbonyl (C=O) groups is 2. The molecule has 8 heteroatoms.